The van der Waals surface area contributed by atoms with Gasteiger partial charge in [-0.25, -0.2) is 14.4 Å². The number of hydrogen-bond donors (Lipinski definition) is 0. The Hall–Kier alpha value is -2.62. The van der Waals surface area contributed by atoms with Gasteiger partial charge in [-0.05, 0) is 59.7 Å². The first-order chi connectivity index (χ1) is 16.3. The van der Waals surface area contributed by atoms with E-state index >= 15 is 0 Å². The zero-order valence-electron chi connectivity index (χ0n) is 23.4. The summed E-state index contributed by atoms with van der Waals surface area (Å²) in [5.74, 6) is -1.48. The second-order valence-corrected chi connectivity index (χ2v) is 16.5. The van der Waals surface area contributed by atoms with Gasteiger partial charge in [0, 0.05) is 6.42 Å². The van der Waals surface area contributed by atoms with Crippen molar-refractivity contribution in [1.29, 1.82) is 0 Å². The van der Waals surface area contributed by atoms with Gasteiger partial charge >= 0.3 is 18.0 Å². The van der Waals surface area contributed by atoms with E-state index in [0.717, 1.165) is 0 Å². The third-order valence-electron chi connectivity index (χ3n) is 6.80. The van der Waals surface area contributed by atoms with Gasteiger partial charge in [0.25, 0.3) is 0 Å². The highest BCUT2D eigenvalue weighted by Gasteiger charge is 2.58. The maximum absolute atomic E-state index is 13.5. The largest absolute Gasteiger partial charge is 0.546 e. The lowest BCUT2D eigenvalue weighted by atomic mass is 9.85. The van der Waals surface area contributed by atoms with Crippen molar-refractivity contribution in [3.63, 3.8) is 0 Å². The topological polar surface area (TPSA) is 108 Å². The van der Waals surface area contributed by atoms with E-state index in [1.807, 2.05) is 13.1 Å². The summed E-state index contributed by atoms with van der Waals surface area (Å²) in [6.07, 6.45) is 1.31. The minimum Gasteiger partial charge on any atom is -0.546 e. The third kappa shape index (κ3) is 5.85. The smallest absolute Gasteiger partial charge is 0.412 e. The Morgan fingerprint density at radius 1 is 1.14 bits per heavy atom. The van der Waals surface area contributed by atoms with E-state index in [1.54, 1.807) is 39.8 Å². The average Bonchev–Trinajstić information content (AvgIpc) is 2.97. The van der Waals surface area contributed by atoms with E-state index in [9.17, 15) is 19.2 Å². The summed E-state index contributed by atoms with van der Waals surface area (Å²) < 4.78 is 22.6. The molecule has 0 aromatic heterocycles. The van der Waals surface area contributed by atoms with Crippen molar-refractivity contribution < 1.29 is 37.8 Å². The van der Waals surface area contributed by atoms with Crippen LogP contribution in [-0.4, -0.2) is 66.9 Å². The molecule has 0 aromatic rings. The van der Waals surface area contributed by atoms with Crippen LogP contribution in [0.3, 0.4) is 0 Å². The second-order valence-electron chi connectivity index (χ2n) is 11.8. The van der Waals surface area contributed by atoms with Crippen molar-refractivity contribution in [1.82, 2.24) is 4.90 Å². The number of amides is 1. The van der Waals surface area contributed by atoms with Crippen LogP contribution in [0.15, 0.2) is 23.5 Å². The standard InChI is InChI=1S/C26H41NO8Si/c1-12-32-21(29)16(2)33-22(30)20-18-13-14-26(17(3)28,27(18)23(31)34-24(4,5)6)15-19(20)35-36(10,11)25(7,8)9/h13-14,16,18H,12,15H2,1-11H3/t16-,18+,26-/m0/s1. The molecule has 1 amide bonds. The monoisotopic (exact) mass is 523 g/mol. The normalized spacial score (nSPS) is 22.8. The van der Waals surface area contributed by atoms with E-state index in [4.69, 9.17) is 18.6 Å². The van der Waals surface area contributed by atoms with Gasteiger partial charge in [-0.3, -0.25) is 9.69 Å². The van der Waals surface area contributed by atoms with Crippen LogP contribution >= 0.6 is 0 Å². The minimum absolute atomic E-state index is 0.0424. The van der Waals surface area contributed by atoms with Gasteiger partial charge in [-0.2, -0.15) is 0 Å². The number of rotatable bonds is 7. The molecule has 36 heavy (non-hydrogen) atoms. The molecule has 9 nitrogen and oxygen atoms in total. The van der Waals surface area contributed by atoms with E-state index in [2.05, 4.69) is 20.8 Å². The Morgan fingerprint density at radius 3 is 2.19 bits per heavy atom. The molecule has 2 aliphatic rings. The lowest BCUT2D eigenvalue weighted by Gasteiger charge is -2.46. The number of Topliss-reactive ketones (excluding diaryl/α,β-unsaturated/α-hetero) is 1. The van der Waals surface area contributed by atoms with Gasteiger partial charge in [-0.15, -0.1) is 0 Å². The molecule has 2 aliphatic heterocycles. The van der Waals surface area contributed by atoms with Crippen molar-refractivity contribution in [3.8, 4) is 0 Å². The molecule has 0 radical (unpaired) electrons. The van der Waals surface area contributed by atoms with Crippen molar-refractivity contribution in [2.24, 2.45) is 0 Å². The van der Waals surface area contributed by atoms with Crippen LogP contribution in [0, 0.1) is 0 Å². The van der Waals surface area contributed by atoms with Crippen LogP contribution in [0.2, 0.25) is 18.1 Å². The Kier molecular flexibility index (Phi) is 8.25. The summed E-state index contributed by atoms with van der Waals surface area (Å²) in [5.41, 5.74) is -2.11. The summed E-state index contributed by atoms with van der Waals surface area (Å²) in [4.78, 5) is 53.3. The first kappa shape index (κ1) is 29.6. The van der Waals surface area contributed by atoms with Gasteiger partial charge in [0.2, 0.25) is 8.32 Å². The number of ether oxygens (including phenoxy) is 3. The zero-order valence-corrected chi connectivity index (χ0v) is 24.4. The number of esters is 2. The molecule has 202 valence electrons. The van der Waals surface area contributed by atoms with Crippen LogP contribution in [0.4, 0.5) is 4.79 Å². The molecule has 0 unspecified atom stereocenters. The molecule has 2 heterocycles. The lowest BCUT2D eigenvalue weighted by molar-refractivity contribution is -0.164. The van der Waals surface area contributed by atoms with Crippen LogP contribution < -0.4 is 0 Å². The highest BCUT2D eigenvalue weighted by Crippen LogP contribution is 2.47. The first-order valence-electron chi connectivity index (χ1n) is 12.3. The fraction of sp³-hybridized carbons (Fsp3) is 0.692. The highest BCUT2D eigenvalue weighted by molar-refractivity contribution is 6.74. The fourth-order valence-electron chi connectivity index (χ4n) is 3.86. The number of hydrogen-bond acceptors (Lipinski definition) is 8. The average molecular weight is 524 g/mol. The van der Waals surface area contributed by atoms with Gasteiger partial charge in [0.1, 0.15) is 11.1 Å². The van der Waals surface area contributed by atoms with Gasteiger partial charge in [0.15, 0.2) is 11.9 Å². The maximum atomic E-state index is 13.5. The molecule has 0 fully saturated rings. The van der Waals surface area contributed by atoms with Crippen molar-refractivity contribution >= 4 is 32.1 Å². The molecule has 0 aliphatic carbocycles. The zero-order chi connectivity index (χ0) is 27.9. The summed E-state index contributed by atoms with van der Waals surface area (Å²) in [7, 11) is -2.47. The van der Waals surface area contributed by atoms with Gasteiger partial charge in [-0.1, -0.05) is 32.9 Å². The fourth-order valence-corrected chi connectivity index (χ4v) is 4.96. The quantitative estimate of drug-likeness (QED) is 0.205. The van der Waals surface area contributed by atoms with Crippen LogP contribution in [-0.2, 0) is 33.0 Å². The molecule has 2 rings (SSSR count). The predicted octanol–water partition coefficient (Wildman–Crippen LogP) is 4.66. The number of ketones is 1. The van der Waals surface area contributed by atoms with Crippen molar-refractivity contribution in [3.05, 3.63) is 23.5 Å². The third-order valence-corrected chi connectivity index (χ3v) is 11.2. The maximum Gasteiger partial charge on any atom is 0.412 e. The number of nitrogens with zero attached hydrogens (tertiary/aromatic N) is 1. The Balaban J connectivity index is 2.65. The van der Waals surface area contributed by atoms with Crippen LogP contribution in [0.25, 0.3) is 0 Å². The highest BCUT2D eigenvalue weighted by atomic mass is 28.4. The summed E-state index contributed by atoms with van der Waals surface area (Å²) in [6.45, 7) is 20.0. The molecule has 2 bridgehead atoms. The number of carbonyl (C=O) groups excluding carboxylic acids is 4. The van der Waals surface area contributed by atoms with Gasteiger partial charge < -0.3 is 18.6 Å². The summed E-state index contributed by atoms with van der Waals surface area (Å²) in [5, 5.41) is -0.203. The molecular weight excluding hydrogens is 482 g/mol. The molecular formula is C26H41NO8Si. The Labute approximate surface area is 215 Å². The Bertz CT molecular complexity index is 985. The first-order valence-corrected chi connectivity index (χ1v) is 15.2. The molecule has 0 N–H and O–H groups in total. The molecule has 0 saturated heterocycles. The minimum atomic E-state index is -2.47. The summed E-state index contributed by atoms with van der Waals surface area (Å²) >= 11 is 0. The molecule has 0 spiro atoms. The number of carbonyl (C=O) groups is 4. The van der Waals surface area contributed by atoms with E-state index in [-0.39, 0.29) is 29.4 Å². The SMILES string of the molecule is CCOC(=O)[C@H](C)OC(=O)C1=C(O[Si](C)(C)C(C)(C)C)C[C@]2(C(C)=O)C=C[C@H]1N2C(=O)OC(C)(C)C. The van der Waals surface area contributed by atoms with E-state index < -0.39 is 49.6 Å². The number of fused-ring (bicyclic) bond motifs is 2. The van der Waals surface area contributed by atoms with Crippen LogP contribution in [0.5, 0.6) is 0 Å². The summed E-state index contributed by atoms with van der Waals surface area (Å²) in [6, 6.07) is -0.959. The second kappa shape index (κ2) is 10.0. The predicted molar refractivity (Wildman–Crippen MR) is 137 cm³/mol. The molecule has 10 heteroatoms. The van der Waals surface area contributed by atoms with E-state index in [0.29, 0.717) is 5.76 Å². The molecule has 3 atom stereocenters. The van der Waals surface area contributed by atoms with Crippen molar-refractivity contribution in [2.75, 3.05) is 6.61 Å². The van der Waals surface area contributed by atoms with Gasteiger partial charge in [0.05, 0.1) is 24.0 Å². The lowest BCUT2D eigenvalue weighted by Crippen LogP contribution is -2.60. The van der Waals surface area contributed by atoms with E-state index in [1.165, 1.54) is 18.7 Å². The molecule has 0 saturated carbocycles. The van der Waals surface area contributed by atoms with Crippen molar-refractivity contribution in [2.45, 2.75) is 110 Å². The Morgan fingerprint density at radius 2 is 1.72 bits per heavy atom. The molecule has 0 aromatic carbocycles. The van der Waals surface area contributed by atoms with Crippen LogP contribution in [0.1, 0.15) is 68.7 Å².